The summed E-state index contributed by atoms with van der Waals surface area (Å²) in [5.41, 5.74) is 0. The maximum atomic E-state index is 5.64. The van der Waals surface area contributed by atoms with E-state index in [4.69, 9.17) is 4.74 Å². The number of aliphatic imine (C=N–C) groups is 1. The second-order valence-corrected chi connectivity index (χ2v) is 6.28. The quantitative estimate of drug-likeness (QED) is 0.329. The number of likely N-dealkylation sites (N-methyl/N-ethyl adjacent to an activating group) is 1. The van der Waals surface area contributed by atoms with Crippen LogP contribution in [-0.2, 0) is 4.74 Å². The number of hydrogen-bond acceptors (Lipinski definition) is 3. The Balaban J connectivity index is 2.13. The molecule has 1 fully saturated rings. The first-order valence-electron chi connectivity index (χ1n) is 9.01. The van der Waals surface area contributed by atoms with Gasteiger partial charge in [0.1, 0.15) is 0 Å². The van der Waals surface area contributed by atoms with E-state index in [-0.39, 0.29) is 0 Å². The minimum absolute atomic E-state index is 0.593. The van der Waals surface area contributed by atoms with E-state index in [1.54, 1.807) is 0 Å². The molecule has 5 nitrogen and oxygen atoms in total. The van der Waals surface area contributed by atoms with Gasteiger partial charge in [-0.15, -0.1) is 0 Å². The van der Waals surface area contributed by atoms with Crippen molar-refractivity contribution in [1.82, 2.24) is 15.5 Å². The Labute approximate surface area is 136 Å². The standard InChI is InChI=1S/C17H36N4O/c1-5-18-17(20-11-12-21(6-2)15(3)4)19-10-7-13-22-14-16-8-9-16/h15-16H,5-14H2,1-4H3,(H2,18,19,20). The topological polar surface area (TPSA) is 48.9 Å². The number of ether oxygens (including phenoxy) is 1. The van der Waals surface area contributed by atoms with Crippen molar-refractivity contribution in [3.63, 3.8) is 0 Å². The van der Waals surface area contributed by atoms with Crippen LogP contribution in [0.1, 0.15) is 47.0 Å². The molecule has 1 saturated carbocycles. The molecule has 0 aromatic rings. The molecule has 0 radical (unpaired) electrons. The Morgan fingerprint density at radius 3 is 2.64 bits per heavy atom. The zero-order chi connectivity index (χ0) is 16.2. The number of rotatable bonds is 12. The zero-order valence-corrected chi connectivity index (χ0v) is 15.0. The van der Waals surface area contributed by atoms with Gasteiger partial charge in [-0.25, -0.2) is 0 Å². The summed E-state index contributed by atoms with van der Waals surface area (Å²) < 4.78 is 5.64. The van der Waals surface area contributed by atoms with Crippen molar-refractivity contribution in [3.05, 3.63) is 0 Å². The van der Waals surface area contributed by atoms with E-state index in [1.807, 2.05) is 0 Å². The lowest BCUT2D eigenvalue weighted by molar-refractivity contribution is 0.123. The molecule has 130 valence electrons. The average molecular weight is 313 g/mol. The molecule has 0 aliphatic heterocycles. The van der Waals surface area contributed by atoms with Gasteiger partial charge in [0, 0.05) is 45.4 Å². The first-order chi connectivity index (χ1) is 10.7. The average Bonchev–Trinajstić information content (AvgIpc) is 3.30. The summed E-state index contributed by atoms with van der Waals surface area (Å²) in [5, 5.41) is 6.72. The lowest BCUT2D eigenvalue weighted by atomic mass is 10.3. The highest BCUT2D eigenvalue weighted by atomic mass is 16.5. The van der Waals surface area contributed by atoms with Gasteiger partial charge in [0.25, 0.3) is 0 Å². The fourth-order valence-corrected chi connectivity index (χ4v) is 2.33. The van der Waals surface area contributed by atoms with Crippen molar-refractivity contribution in [3.8, 4) is 0 Å². The van der Waals surface area contributed by atoms with Gasteiger partial charge in [-0.1, -0.05) is 6.92 Å². The highest BCUT2D eigenvalue weighted by Gasteiger charge is 2.20. The molecule has 2 N–H and O–H groups in total. The van der Waals surface area contributed by atoms with Gasteiger partial charge < -0.3 is 15.4 Å². The molecule has 0 bridgehead atoms. The third-order valence-electron chi connectivity index (χ3n) is 3.94. The molecule has 1 aliphatic rings. The molecule has 1 rings (SSSR count). The second kappa shape index (κ2) is 11.7. The molecule has 0 amide bonds. The van der Waals surface area contributed by atoms with E-state index in [0.717, 1.165) is 64.2 Å². The minimum atomic E-state index is 0.593. The Kier molecular flexibility index (Phi) is 10.2. The first kappa shape index (κ1) is 19.2. The smallest absolute Gasteiger partial charge is 0.191 e. The lowest BCUT2D eigenvalue weighted by Gasteiger charge is -2.25. The molecule has 1 aliphatic carbocycles. The molecule has 0 saturated heterocycles. The van der Waals surface area contributed by atoms with Crippen molar-refractivity contribution in [1.29, 1.82) is 0 Å². The van der Waals surface area contributed by atoms with Gasteiger partial charge in [-0.2, -0.15) is 0 Å². The number of guanidine groups is 1. The fraction of sp³-hybridized carbons (Fsp3) is 0.941. The molecule has 0 aromatic carbocycles. The van der Waals surface area contributed by atoms with Crippen molar-refractivity contribution >= 4 is 5.96 Å². The summed E-state index contributed by atoms with van der Waals surface area (Å²) in [4.78, 5) is 7.06. The van der Waals surface area contributed by atoms with Gasteiger partial charge in [-0.3, -0.25) is 9.89 Å². The predicted octanol–water partition coefficient (Wildman–Crippen LogP) is 2.09. The van der Waals surface area contributed by atoms with E-state index < -0.39 is 0 Å². The molecule has 0 unspecified atom stereocenters. The van der Waals surface area contributed by atoms with Crippen LogP contribution < -0.4 is 10.6 Å². The fourth-order valence-electron chi connectivity index (χ4n) is 2.33. The van der Waals surface area contributed by atoms with Crippen LogP contribution in [0, 0.1) is 5.92 Å². The van der Waals surface area contributed by atoms with Crippen LogP contribution in [0.2, 0.25) is 0 Å². The molecule has 5 heteroatoms. The van der Waals surface area contributed by atoms with Crippen LogP contribution in [0.15, 0.2) is 4.99 Å². The molecule has 0 heterocycles. The number of hydrogen-bond donors (Lipinski definition) is 2. The maximum absolute atomic E-state index is 5.64. The van der Waals surface area contributed by atoms with Crippen molar-refractivity contribution in [2.24, 2.45) is 10.9 Å². The van der Waals surface area contributed by atoms with Gasteiger partial charge in [-0.05, 0) is 52.5 Å². The summed E-state index contributed by atoms with van der Waals surface area (Å²) in [6.07, 6.45) is 3.71. The summed E-state index contributed by atoms with van der Waals surface area (Å²) in [5.74, 6) is 1.77. The van der Waals surface area contributed by atoms with Gasteiger partial charge in [0.2, 0.25) is 0 Å². The van der Waals surface area contributed by atoms with Crippen LogP contribution in [0.25, 0.3) is 0 Å². The van der Waals surface area contributed by atoms with Crippen LogP contribution in [0.3, 0.4) is 0 Å². The minimum Gasteiger partial charge on any atom is -0.381 e. The van der Waals surface area contributed by atoms with Crippen LogP contribution >= 0.6 is 0 Å². The van der Waals surface area contributed by atoms with E-state index in [0.29, 0.717) is 6.04 Å². The number of nitrogens with one attached hydrogen (secondary N) is 2. The summed E-state index contributed by atoms with van der Waals surface area (Å²) in [6.45, 7) is 15.3. The maximum Gasteiger partial charge on any atom is 0.191 e. The highest BCUT2D eigenvalue weighted by molar-refractivity contribution is 5.79. The molecule has 22 heavy (non-hydrogen) atoms. The summed E-state index contributed by atoms with van der Waals surface area (Å²) >= 11 is 0. The first-order valence-corrected chi connectivity index (χ1v) is 9.01. The Bertz CT molecular complexity index is 303. The third kappa shape index (κ3) is 9.26. The van der Waals surface area contributed by atoms with Crippen molar-refractivity contribution in [2.75, 3.05) is 45.9 Å². The van der Waals surface area contributed by atoms with Crippen LogP contribution in [-0.4, -0.2) is 62.8 Å². The number of nitrogens with zero attached hydrogens (tertiary/aromatic N) is 2. The van der Waals surface area contributed by atoms with Gasteiger partial charge >= 0.3 is 0 Å². The predicted molar refractivity (Wildman–Crippen MR) is 94.5 cm³/mol. The monoisotopic (exact) mass is 312 g/mol. The second-order valence-electron chi connectivity index (χ2n) is 6.28. The molecule has 0 atom stereocenters. The SMILES string of the molecule is CCNC(=NCCCOCC1CC1)NCCN(CC)C(C)C. The van der Waals surface area contributed by atoms with Crippen LogP contribution in [0.4, 0.5) is 0 Å². The van der Waals surface area contributed by atoms with Gasteiger partial charge in [0.15, 0.2) is 5.96 Å². The Morgan fingerprint density at radius 1 is 1.27 bits per heavy atom. The van der Waals surface area contributed by atoms with E-state index in [9.17, 15) is 0 Å². The van der Waals surface area contributed by atoms with Crippen molar-refractivity contribution in [2.45, 2.75) is 53.0 Å². The Hall–Kier alpha value is -0.810. The molecule has 0 spiro atoms. The van der Waals surface area contributed by atoms with Crippen molar-refractivity contribution < 1.29 is 4.74 Å². The summed E-state index contributed by atoms with van der Waals surface area (Å²) in [7, 11) is 0. The molecular formula is C17H36N4O. The van der Waals surface area contributed by atoms with E-state index in [2.05, 4.69) is 48.2 Å². The summed E-state index contributed by atoms with van der Waals surface area (Å²) in [6, 6.07) is 0.593. The largest absolute Gasteiger partial charge is 0.381 e. The lowest BCUT2D eigenvalue weighted by Crippen LogP contribution is -2.43. The molecular weight excluding hydrogens is 276 g/mol. The van der Waals surface area contributed by atoms with E-state index >= 15 is 0 Å². The highest BCUT2D eigenvalue weighted by Crippen LogP contribution is 2.28. The van der Waals surface area contributed by atoms with Crippen LogP contribution in [0.5, 0.6) is 0 Å². The van der Waals surface area contributed by atoms with E-state index in [1.165, 1.54) is 12.8 Å². The normalized spacial score (nSPS) is 15.6. The van der Waals surface area contributed by atoms with Gasteiger partial charge in [0.05, 0.1) is 0 Å². The molecule has 0 aromatic heterocycles. The Morgan fingerprint density at radius 2 is 2.05 bits per heavy atom. The zero-order valence-electron chi connectivity index (χ0n) is 15.0. The third-order valence-corrected chi connectivity index (χ3v) is 3.94.